The van der Waals surface area contributed by atoms with Crippen LogP contribution in [0.15, 0.2) is 58.1 Å². The van der Waals surface area contributed by atoms with Crippen LogP contribution in [0.1, 0.15) is 6.92 Å². The van der Waals surface area contributed by atoms with Gasteiger partial charge in [0.25, 0.3) is 20.0 Å². The molecule has 12 heteroatoms. The molecule has 0 aromatic heterocycles. The number of phenolic OH excluding ortho intramolecular Hbond substituents is 2. The predicted molar refractivity (Wildman–Crippen MR) is 101 cm³/mol. The van der Waals surface area contributed by atoms with Crippen LogP contribution in [-0.2, 0) is 20.0 Å². The second-order valence-electron chi connectivity index (χ2n) is 5.14. The molecule has 4 N–H and O–H groups in total. The Bertz CT molecular complexity index is 1030. The largest absolute Gasteiger partial charge is 0.506 e. The molecule has 0 spiro atoms. The third kappa shape index (κ3) is 4.98. The van der Waals surface area contributed by atoms with Gasteiger partial charge in [0.2, 0.25) is 0 Å². The van der Waals surface area contributed by atoms with Gasteiger partial charge in [0.05, 0.1) is 19.8 Å². The summed E-state index contributed by atoms with van der Waals surface area (Å²) in [6, 6.07) is 6.42. The summed E-state index contributed by atoms with van der Waals surface area (Å²) in [7, 11) is -8.37. The van der Waals surface area contributed by atoms with Crippen molar-refractivity contribution in [2.75, 3.05) is 0 Å². The smallest absolute Gasteiger partial charge is 0.263 e. The van der Waals surface area contributed by atoms with Gasteiger partial charge in [0.1, 0.15) is 17.3 Å². The lowest BCUT2D eigenvalue weighted by molar-refractivity contribution is 0.474. The molecule has 0 aliphatic rings. The zero-order chi connectivity index (χ0) is 20.4. The Kier molecular flexibility index (Phi) is 6.15. The second-order valence-corrected chi connectivity index (χ2v) is 9.32. The number of rotatable bonds is 6. The van der Waals surface area contributed by atoms with Crippen molar-refractivity contribution in [2.24, 2.45) is 0 Å². The van der Waals surface area contributed by atoms with Crippen molar-refractivity contribution in [3.63, 3.8) is 0 Å². The number of phenols is 2. The van der Waals surface area contributed by atoms with Crippen LogP contribution in [-0.4, -0.2) is 27.0 Å². The minimum atomic E-state index is -4.19. The second kappa shape index (κ2) is 7.85. The Balaban J connectivity index is 2.29. The lowest BCUT2D eigenvalue weighted by atomic mass is 10.3. The molecule has 0 atom stereocenters. The van der Waals surface area contributed by atoms with E-state index in [0.29, 0.717) is 0 Å². The summed E-state index contributed by atoms with van der Waals surface area (Å²) >= 11 is 11.4. The number of halogens is 2. The van der Waals surface area contributed by atoms with E-state index in [-0.39, 0.29) is 37.2 Å². The standard InChI is InChI=1S/C15H14Cl2N2O6S2/c1-2-15(18-26(22,23)9-3-5-13(20)11(16)7-9)19-27(24,25)10-4-6-14(21)12(17)8-10/h2-8,18-21H,1H3. The van der Waals surface area contributed by atoms with Crippen molar-refractivity contribution < 1.29 is 27.0 Å². The molecule has 0 heterocycles. The maximum atomic E-state index is 12.4. The van der Waals surface area contributed by atoms with Crippen molar-refractivity contribution in [1.29, 1.82) is 0 Å². The first-order chi connectivity index (χ1) is 12.5. The first-order valence-electron chi connectivity index (χ1n) is 7.15. The van der Waals surface area contributed by atoms with Crippen LogP contribution in [0.25, 0.3) is 0 Å². The highest BCUT2D eigenvalue weighted by molar-refractivity contribution is 7.90. The van der Waals surface area contributed by atoms with Crippen LogP contribution >= 0.6 is 23.2 Å². The van der Waals surface area contributed by atoms with E-state index in [1.165, 1.54) is 13.0 Å². The normalized spacial score (nSPS) is 11.7. The maximum absolute atomic E-state index is 12.4. The summed E-state index contributed by atoms with van der Waals surface area (Å²) in [5.41, 5.74) is 0. The van der Waals surface area contributed by atoms with E-state index in [1.807, 2.05) is 0 Å². The van der Waals surface area contributed by atoms with E-state index in [9.17, 15) is 27.0 Å². The Hall–Kier alpha value is -2.14. The van der Waals surface area contributed by atoms with Gasteiger partial charge >= 0.3 is 0 Å². The van der Waals surface area contributed by atoms with Crippen LogP contribution in [0.2, 0.25) is 10.0 Å². The number of nitrogens with one attached hydrogen (secondary N) is 2. The van der Waals surface area contributed by atoms with Crippen molar-refractivity contribution in [2.45, 2.75) is 16.7 Å². The summed E-state index contributed by atoms with van der Waals surface area (Å²) in [5.74, 6) is -0.943. The van der Waals surface area contributed by atoms with E-state index in [1.54, 1.807) is 0 Å². The van der Waals surface area contributed by atoms with Crippen molar-refractivity contribution in [3.05, 3.63) is 58.3 Å². The molecule has 146 valence electrons. The van der Waals surface area contributed by atoms with Gasteiger partial charge in [0.15, 0.2) is 0 Å². The minimum absolute atomic E-state index is 0.181. The SMILES string of the molecule is CC=C(NS(=O)(=O)c1ccc(O)c(Cl)c1)NS(=O)(=O)c1ccc(O)c(Cl)c1. The van der Waals surface area contributed by atoms with E-state index in [4.69, 9.17) is 23.2 Å². The highest BCUT2D eigenvalue weighted by Gasteiger charge is 2.21. The van der Waals surface area contributed by atoms with Gasteiger partial charge < -0.3 is 10.2 Å². The average molecular weight is 453 g/mol. The highest BCUT2D eigenvalue weighted by Crippen LogP contribution is 2.27. The molecule has 0 saturated heterocycles. The molecule has 2 aromatic rings. The summed E-state index contributed by atoms with van der Waals surface area (Å²) in [6.45, 7) is 1.41. The molecule has 0 fully saturated rings. The maximum Gasteiger partial charge on any atom is 0.263 e. The molecular formula is C15H14Cl2N2O6S2. The fourth-order valence-electron chi connectivity index (χ4n) is 1.86. The number of hydrogen-bond donors (Lipinski definition) is 4. The molecule has 2 aromatic carbocycles. The molecule has 2 rings (SSSR count). The van der Waals surface area contributed by atoms with Crippen LogP contribution < -0.4 is 9.44 Å². The Morgan fingerprint density at radius 3 is 1.52 bits per heavy atom. The van der Waals surface area contributed by atoms with E-state index in [2.05, 4.69) is 9.44 Å². The van der Waals surface area contributed by atoms with Gasteiger partial charge in [-0.3, -0.25) is 9.44 Å². The number of aromatic hydroxyl groups is 2. The molecule has 0 bridgehead atoms. The molecule has 27 heavy (non-hydrogen) atoms. The minimum Gasteiger partial charge on any atom is -0.506 e. The van der Waals surface area contributed by atoms with E-state index in [0.717, 1.165) is 36.4 Å². The summed E-state index contributed by atoms with van der Waals surface area (Å²) in [5, 5.41) is 18.4. The molecule has 8 nitrogen and oxygen atoms in total. The Labute approximate surface area is 166 Å². The number of sulfonamides is 2. The molecule has 0 saturated carbocycles. The summed E-state index contributed by atoms with van der Waals surface area (Å²) in [4.78, 5) is -0.562. The molecule has 0 unspecified atom stereocenters. The third-order valence-corrected chi connectivity index (χ3v) is 6.57. The van der Waals surface area contributed by atoms with Crippen molar-refractivity contribution >= 4 is 43.2 Å². The zero-order valence-electron chi connectivity index (χ0n) is 13.6. The molecule has 0 radical (unpaired) electrons. The lowest BCUT2D eigenvalue weighted by Crippen LogP contribution is -2.35. The van der Waals surface area contributed by atoms with Crippen LogP contribution in [0.4, 0.5) is 0 Å². The molecular weight excluding hydrogens is 439 g/mol. The lowest BCUT2D eigenvalue weighted by Gasteiger charge is -2.15. The van der Waals surface area contributed by atoms with Crippen LogP contribution in [0, 0.1) is 0 Å². The molecule has 0 aliphatic carbocycles. The average Bonchev–Trinajstić information content (AvgIpc) is 2.58. The molecule has 0 amide bonds. The molecule has 0 aliphatic heterocycles. The van der Waals surface area contributed by atoms with Gasteiger partial charge in [-0.15, -0.1) is 0 Å². The van der Waals surface area contributed by atoms with Gasteiger partial charge in [-0.1, -0.05) is 23.2 Å². The van der Waals surface area contributed by atoms with E-state index < -0.39 is 20.0 Å². The van der Waals surface area contributed by atoms with Gasteiger partial charge in [-0.25, -0.2) is 16.8 Å². The van der Waals surface area contributed by atoms with Gasteiger partial charge in [0, 0.05) is 0 Å². The Morgan fingerprint density at radius 2 is 1.22 bits per heavy atom. The summed E-state index contributed by atoms with van der Waals surface area (Å²) in [6.07, 6.45) is 1.19. The highest BCUT2D eigenvalue weighted by atomic mass is 35.5. The van der Waals surface area contributed by atoms with Gasteiger partial charge in [-0.05, 0) is 49.4 Å². The fraction of sp³-hybridized carbons (Fsp3) is 0.0667. The zero-order valence-corrected chi connectivity index (χ0v) is 16.8. The number of allylic oxidation sites excluding steroid dienone is 1. The van der Waals surface area contributed by atoms with Gasteiger partial charge in [-0.2, -0.15) is 0 Å². The fourth-order valence-corrected chi connectivity index (χ4v) is 4.60. The third-order valence-electron chi connectivity index (χ3n) is 3.24. The van der Waals surface area contributed by atoms with Crippen LogP contribution in [0.3, 0.4) is 0 Å². The number of benzene rings is 2. The van der Waals surface area contributed by atoms with Crippen LogP contribution in [0.5, 0.6) is 11.5 Å². The van der Waals surface area contributed by atoms with Crippen molar-refractivity contribution in [3.8, 4) is 11.5 Å². The van der Waals surface area contributed by atoms with E-state index >= 15 is 0 Å². The first kappa shape index (κ1) is 21.2. The number of hydrogen-bond acceptors (Lipinski definition) is 6. The summed E-state index contributed by atoms with van der Waals surface area (Å²) < 4.78 is 53.8. The topological polar surface area (TPSA) is 133 Å². The first-order valence-corrected chi connectivity index (χ1v) is 10.9. The van der Waals surface area contributed by atoms with Crippen molar-refractivity contribution in [1.82, 2.24) is 9.44 Å². The monoisotopic (exact) mass is 452 g/mol. The Morgan fingerprint density at radius 1 is 0.852 bits per heavy atom. The predicted octanol–water partition coefficient (Wildman–Crippen LogP) is 2.52. The quantitative estimate of drug-likeness (QED) is 0.531.